The quantitative estimate of drug-likeness (QED) is 0.697. The van der Waals surface area contributed by atoms with Crippen LogP contribution >= 0.6 is 9.47 Å². The molecule has 1 unspecified atom stereocenters. The van der Waals surface area contributed by atoms with E-state index in [-0.39, 0.29) is 10.8 Å². The molecule has 0 saturated carbocycles. The molecule has 0 aliphatic rings. The Morgan fingerprint density at radius 3 is 1.36 bits per heavy atom. The van der Waals surface area contributed by atoms with Gasteiger partial charge in [-0.2, -0.15) is 8.42 Å². The Bertz CT molecular complexity index is 268. The molecule has 0 aromatic heterocycles. The molecule has 0 rings (SSSR count). The Kier molecular flexibility index (Phi) is 4.17. The third kappa shape index (κ3) is 3.48. The van der Waals surface area contributed by atoms with Crippen molar-refractivity contribution in [1.82, 2.24) is 0 Å². The minimum Gasteiger partial charge on any atom is -0.254 e. The van der Waals surface area contributed by atoms with Crippen LogP contribution in [0, 0.1) is 10.8 Å². The van der Waals surface area contributed by atoms with Gasteiger partial charge in [0.15, 0.2) is 0 Å². The Hall–Kier alpha value is 0.340. The molecular formula is C9H21O3PS. The predicted molar refractivity (Wildman–Crippen MR) is 62.4 cm³/mol. The highest BCUT2D eigenvalue weighted by molar-refractivity contribution is 7.89. The SMILES string of the molecule is CC(C)(C)C(C(C)(C)C)S(=O)(=O)OP. The van der Waals surface area contributed by atoms with Gasteiger partial charge in [-0.3, -0.25) is 3.97 Å². The lowest BCUT2D eigenvalue weighted by Gasteiger charge is -2.38. The van der Waals surface area contributed by atoms with E-state index in [0.717, 1.165) is 0 Å². The van der Waals surface area contributed by atoms with Crippen LogP contribution in [-0.2, 0) is 14.1 Å². The summed E-state index contributed by atoms with van der Waals surface area (Å²) < 4.78 is 28.0. The first-order valence-electron chi connectivity index (χ1n) is 4.55. The van der Waals surface area contributed by atoms with Gasteiger partial charge in [-0.1, -0.05) is 41.5 Å². The Balaban J connectivity index is 5.38. The number of hydrogen-bond acceptors (Lipinski definition) is 3. The van der Waals surface area contributed by atoms with Crippen molar-refractivity contribution >= 4 is 19.6 Å². The molecule has 0 aliphatic heterocycles. The van der Waals surface area contributed by atoms with Gasteiger partial charge in [0.1, 0.15) is 0 Å². The predicted octanol–water partition coefficient (Wildman–Crippen LogP) is 2.58. The molecule has 0 bridgehead atoms. The van der Waals surface area contributed by atoms with Gasteiger partial charge in [-0.15, -0.1) is 0 Å². The minimum absolute atomic E-state index is 0.340. The van der Waals surface area contributed by atoms with Crippen LogP contribution in [-0.4, -0.2) is 13.7 Å². The molecule has 86 valence electrons. The van der Waals surface area contributed by atoms with Crippen molar-refractivity contribution < 1.29 is 12.4 Å². The highest BCUT2D eigenvalue weighted by Gasteiger charge is 2.44. The topological polar surface area (TPSA) is 43.4 Å². The lowest BCUT2D eigenvalue weighted by molar-refractivity contribution is 0.229. The van der Waals surface area contributed by atoms with Crippen molar-refractivity contribution in [3.63, 3.8) is 0 Å². The van der Waals surface area contributed by atoms with E-state index in [1.54, 1.807) is 0 Å². The largest absolute Gasteiger partial charge is 0.273 e. The molecule has 0 saturated heterocycles. The third-order valence-electron chi connectivity index (χ3n) is 2.00. The van der Waals surface area contributed by atoms with Gasteiger partial charge < -0.3 is 0 Å². The molecule has 0 aromatic carbocycles. The second kappa shape index (κ2) is 4.07. The summed E-state index contributed by atoms with van der Waals surface area (Å²) in [5, 5.41) is -0.528. The maximum absolute atomic E-state index is 11.7. The first kappa shape index (κ1) is 14.3. The van der Waals surface area contributed by atoms with Gasteiger partial charge in [0.25, 0.3) is 10.1 Å². The van der Waals surface area contributed by atoms with Gasteiger partial charge in [0.05, 0.1) is 5.25 Å². The maximum Gasteiger partial charge on any atom is 0.273 e. The first-order chi connectivity index (χ1) is 5.93. The molecule has 0 aromatic rings. The van der Waals surface area contributed by atoms with Crippen LogP contribution in [0.5, 0.6) is 0 Å². The lowest BCUT2D eigenvalue weighted by atomic mass is 9.77. The molecule has 0 fully saturated rings. The van der Waals surface area contributed by atoms with Crippen LogP contribution in [0.1, 0.15) is 41.5 Å². The Morgan fingerprint density at radius 2 is 1.29 bits per heavy atom. The normalized spacial score (nSPS) is 14.9. The fraction of sp³-hybridized carbons (Fsp3) is 1.00. The molecule has 0 spiro atoms. The first-order valence-corrected chi connectivity index (χ1v) is 6.49. The molecule has 1 atom stereocenters. The van der Waals surface area contributed by atoms with Crippen molar-refractivity contribution in [2.45, 2.75) is 46.8 Å². The molecule has 0 radical (unpaired) electrons. The third-order valence-corrected chi connectivity index (χ3v) is 5.06. The lowest BCUT2D eigenvalue weighted by Crippen LogP contribution is -2.44. The smallest absolute Gasteiger partial charge is 0.254 e. The molecule has 3 nitrogen and oxygen atoms in total. The summed E-state index contributed by atoms with van der Waals surface area (Å²) in [5.74, 6) is 0. The van der Waals surface area contributed by atoms with Gasteiger partial charge in [0, 0.05) is 9.47 Å². The summed E-state index contributed by atoms with van der Waals surface area (Å²) in [6.45, 7) is 11.4. The second-order valence-electron chi connectivity index (χ2n) is 5.70. The van der Waals surface area contributed by atoms with E-state index < -0.39 is 15.4 Å². The van der Waals surface area contributed by atoms with Crippen LogP contribution in [0.4, 0.5) is 0 Å². The van der Waals surface area contributed by atoms with E-state index in [1.807, 2.05) is 51.0 Å². The second-order valence-corrected chi connectivity index (χ2v) is 7.93. The van der Waals surface area contributed by atoms with Crippen LogP contribution in [0.3, 0.4) is 0 Å². The van der Waals surface area contributed by atoms with Gasteiger partial charge >= 0.3 is 0 Å². The zero-order valence-electron chi connectivity index (χ0n) is 9.79. The van der Waals surface area contributed by atoms with Crippen LogP contribution in [0.25, 0.3) is 0 Å². The summed E-state index contributed by atoms with van der Waals surface area (Å²) >= 11 is 0. The van der Waals surface area contributed by atoms with Crippen LogP contribution in [0.15, 0.2) is 0 Å². The van der Waals surface area contributed by atoms with E-state index in [4.69, 9.17) is 0 Å². The van der Waals surface area contributed by atoms with Gasteiger partial charge in [-0.25, -0.2) is 0 Å². The van der Waals surface area contributed by atoms with Crippen molar-refractivity contribution in [3.05, 3.63) is 0 Å². The van der Waals surface area contributed by atoms with Crippen molar-refractivity contribution in [2.75, 3.05) is 0 Å². The maximum atomic E-state index is 11.7. The standard InChI is InChI=1S/C9H21O3PS/c1-8(2,3)7(9(4,5)6)14(10,11)12-13/h7H,13H2,1-6H3. The van der Waals surface area contributed by atoms with E-state index in [2.05, 4.69) is 3.97 Å². The van der Waals surface area contributed by atoms with Gasteiger partial charge in [0.2, 0.25) is 0 Å². The highest BCUT2D eigenvalue weighted by Crippen LogP contribution is 2.39. The van der Waals surface area contributed by atoms with Gasteiger partial charge in [-0.05, 0) is 10.8 Å². The fourth-order valence-electron chi connectivity index (χ4n) is 2.22. The molecule has 0 aliphatic carbocycles. The minimum atomic E-state index is -3.51. The molecule has 14 heavy (non-hydrogen) atoms. The average molecular weight is 240 g/mol. The van der Waals surface area contributed by atoms with E-state index in [9.17, 15) is 8.42 Å². The fourth-order valence-corrected chi connectivity index (χ4v) is 4.40. The Morgan fingerprint density at radius 1 is 1.00 bits per heavy atom. The molecule has 0 heterocycles. The van der Waals surface area contributed by atoms with Crippen molar-refractivity contribution in [3.8, 4) is 0 Å². The van der Waals surface area contributed by atoms with E-state index >= 15 is 0 Å². The highest BCUT2D eigenvalue weighted by atomic mass is 32.2. The Labute approximate surface area is 90.0 Å². The summed E-state index contributed by atoms with van der Waals surface area (Å²) in [7, 11) is -1.69. The summed E-state index contributed by atoms with van der Waals surface area (Å²) in [6, 6.07) is 0. The zero-order valence-corrected chi connectivity index (χ0v) is 11.8. The zero-order chi connectivity index (χ0) is 11.8. The van der Waals surface area contributed by atoms with Crippen molar-refractivity contribution in [2.24, 2.45) is 10.8 Å². The monoisotopic (exact) mass is 240 g/mol. The van der Waals surface area contributed by atoms with Crippen LogP contribution in [0.2, 0.25) is 0 Å². The van der Waals surface area contributed by atoms with E-state index in [1.165, 1.54) is 0 Å². The average Bonchev–Trinajstić information content (AvgIpc) is 1.79. The summed E-state index contributed by atoms with van der Waals surface area (Å²) in [5.41, 5.74) is -0.679. The number of hydrogen-bond donors (Lipinski definition) is 0. The van der Waals surface area contributed by atoms with Crippen molar-refractivity contribution in [1.29, 1.82) is 0 Å². The van der Waals surface area contributed by atoms with E-state index in [0.29, 0.717) is 0 Å². The molecular weight excluding hydrogens is 219 g/mol. The molecule has 0 N–H and O–H groups in total. The summed E-state index contributed by atoms with van der Waals surface area (Å²) in [4.78, 5) is 0. The molecule has 5 heteroatoms. The molecule has 0 amide bonds. The summed E-state index contributed by atoms with van der Waals surface area (Å²) in [6.07, 6.45) is 0. The number of rotatable bonds is 2. The van der Waals surface area contributed by atoms with Crippen LogP contribution < -0.4 is 0 Å².